The van der Waals surface area contributed by atoms with Gasteiger partial charge in [-0.1, -0.05) is 24.3 Å². The molecule has 128 valence electrons. The first-order valence-corrected chi connectivity index (χ1v) is 8.68. The quantitative estimate of drug-likeness (QED) is 0.723. The zero-order valence-electron chi connectivity index (χ0n) is 14.0. The number of thiazole rings is 1. The molecule has 1 heterocycles. The topological polar surface area (TPSA) is 45.2 Å². The molecule has 0 saturated heterocycles. The van der Waals surface area contributed by atoms with Gasteiger partial charge in [0.05, 0.1) is 5.69 Å². The van der Waals surface area contributed by atoms with Gasteiger partial charge in [-0.15, -0.1) is 11.3 Å². The van der Waals surface area contributed by atoms with Crippen molar-refractivity contribution in [3.8, 4) is 11.3 Å². The summed E-state index contributed by atoms with van der Waals surface area (Å²) in [7, 11) is 1.78. The number of anilines is 2. The first-order valence-electron chi connectivity index (χ1n) is 7.80. The van der Waals surface area contributed by atoms with Crippen molar-refractivity contribution in [2.45, 2.75) is 13.5 Å². The number of hydrogen-bond donors (Lipinski definition) is 1. The minimum absolute atomic E-state index is 0.0417. The fourth-order valence-electron chi connectivity index (χ4n) is 2.29. The number of carbonyl (C=O) groups excluding carboxylic acids is 1. The number of benzene rings is 2. The maximum absolute atomic E-state index is 12.9. The number of hydrogen-bond acceptors (Lipinski definition) is 4. The SMILES string of the molecule is CC(=O)N(C)Cc1ccc(-c2csc(Nc3ccc(F)cc3)n2)cc1. The van der Waals surface area contributed by atoms with Gasteiger partial charge in [-0.05, 0) is 29.8 Å². The van der Waals surface area contributed by atoms with Gasteiger partial charge in [0.15, 0.2) is 5.13 Å². The molecule has 0 aliphatic rings. The van der Waals surface area contributed by atoms with Crippen LogP contribution in [0, 0.1) is 5.82 Å². The van der Waals surface area contributed by atoms with E-state index in [0.717, 1.165) is 27.6 Å². The molecule has 0 radical (unpaired) electrons. The summed E-state index contributed by atoms with van der Waals surface area (Å²) in [6.07, 6.45) is 0. The van der Waals surface area contributed by atoms with E-state index in [1.54, 1.807) is 31.0 Å². The Balaban J connectivity index is 1.69. The molecular weight excluding hydrogens is 337 g/mol. The van der Waals surface area contributed by atoms with Crippen LogP contribution in [0.3, 0.4) is 0 Å². The molecule has 1 aromatic heterocycles. The zero-order chi connectivity index (χ0) is 17.8. The monoisotopic (exact) mass is 355 g/mol. The molecule has 0 spiro atoms. The third-order valence-corrected chi connectivity index (χ3v) is 4.56. The van der Waals surface area contributed by atoms with E-state index in [1.807, 2.05) is 29.6 Å². The molecule has 0 saturated carbocycles. The fraction of sp³-hybridized carbons (Fsp3) is 0.158. The van der Waals surface area contributed by atoms with Gasteiger partial charge < -0.3 is 10.2 Å². The van der Waals surface area contributed by atoms with Crippen LogP contribution in [0.25, 0.3) is 11.3 Å². The maximum atomic E-state index is 12.9. The number of halogens is 1. The summed E-state index contributed by atoms with van der Waals surface area (Å²) in [6.45, 7) is 2.14. The highest BCUT2D eigenvalue weighted by atomic mass is 32.1. The molecule has 2 aromatic carbocycles. The van der Waals surface area contributed by atoms with Crippen LogP contribution in [0.2, 0.25) is 0 Å². The number of nitrogens with one attached hydrogen (secondary N) is 1. The third-order valence-electron chi connectivity index (χ3n) is 3.81. The second-order valence-electron chi connectivity index (χ2n) is 5.74. The molecule has 0 atom stereocenters. The number of carbonyl (C=O) groups is 1. The number of nitrogens with zero attached hydrogens (tertiary/aromatic N) is 2. The lowest BCUT2D eigenvalue weighted by atomic mass is 10.1. The summed E-state index contributed by atoms with van der Waals surface area (Å²) in [4.78, 5) is 17.5. The molecule has 3 aromatic rings. The van der Waals surface area contributed by atoms with E-state index in [2.05, 4.69) is 10.3 Å². The summed E-state index contributed by atoms with van der Waals surface area (Å²) < 4.78 is 12.9. The smallest absolute Gasteiger partial charge is 0.219 e. The molecule has 0 bridgehead atoms. The predicted molar refractivity (Wildman–Crippen MR) is 99.4 cm³/mol. The molecule has 6 heteroatoms. The molecule has 0 fully saturated rings. The van der Waals surface area contributed by atoms with Gasteiger partial charge >= 0.3 is 0 Å². The van der Waals surface area contributed by atoms with Gasteiger partial charge in [-0.25, -0.2) is 9.37 Å². The lowest BCUT2D eigenvalue weighted by molar-refractivity contribution is -0.128. The van der Waals surface area contributed by atoms with Crippen molar-refractivity contribution in [3.63, 3.8) is 0 Å². The van der Waals surface area contributed by atoms with Crippen molar-refractivity contribution in [1.29, 1.82) is 0 Å². The Bertz CT molecular complexity index is 859. The van der Waals surface area contributed by atoms with Crippen LogP contribution in [0.1, 0.15) is 12.5 Å². The normalized spacial score (nSPS) is 10.5. The van der Waals surface area contributed by atoms with E-state index in [-0.39, 0.29) is 11.7 Å². The molecule has 3 rings (SSSR count). The number of aromatic nitrogens is 1. The van der Waals surface area contributed by atoms with Crippen LogP contribution in [0.4, 0.5) is 15.2 Å². The summed E-state index contributed by atoms with van der Waals surface area (Å²) in [5.74, 6) is -0.221. The second-order valence-corrected chi connectivity index (χ2v) is 6.60. The van der Waals surface area contributed by atoms with Crippen LogP contribution < -0.4 is 5.32 Å². The van der Waals surface area contributed by atoms with E-state index < -0.39 is 0 Å². The molecule has 1 amide bonds. The van der Waals surface area contributed by atoms with Gasteiger partial charge in [-0.2, -0.15) is 0 Å². The first kappa shape index (κ1) is 17.1. The highest BCUT2D eigenvalue weighted by molar-refractivity contribution is 7.14. The van der Waals surface area contributed by atoms with E-state index in [4.69, 9.17) is 0 Å². The molecule has 25 heavy (non-hydrogen) atoms. The molecule has 4 nitrogen and oxygen atoms in total. The first-order chi connectivity index (χ1) is 12.0. The van der Waals surface area contributed by atoms with Crippen LogP contribution in [-0.2, 0) is 11.3 Å². The van der Waals surface area contributed by atoms with E-state index in [0.29, 0.717) is 6.54 Å². The number of amides is 1. The third kappa shape index (κ3) is 4.42. The Morgan fingerprint density at radius 1 is 1.16 bits per heavy atom. The summed E-state index contributed by atoms with van der Waals surface area (Å²) in [5.41, 5.74) is 3.75. The van der Waals surface area contributed by atoms with Crippen molar-refractivity contribution in [3.05, 3.63) is 65.3 Å². The van der Waals surface area contributed by atoms with Crippen molar-refractivity contribution in [2.24, 2.45) is 0 Å². The fourth-order valence-corrected chi connectivity index (χ4v) is 3.03. The van der Waals surface area contributed by atoms with Gasteiger partial charge in [0.1, 0.15) is 5.82 Å². The van der Waals surface area contributed by atoms with Gasteiger partial charge in [-0.3, -0.25) is 4.79 Å². The Morgan fingerprint density at radius 3 is 2.48 bits per heavy atom. The maximum Gasteiger partial charge on any atom is 0.219 e. The molecular formula is C19H18FN3OS. The minimum Gasteiger partial charge on any atom is -0.342 e. The van der Waals surface area contributed by atoms with Gasteiger partial charge in [0.25, 0.3) is 0 Å². The summed E-state index contributed by atoms with van der Waals surface area (Å²) in [6, 6.07) is 14.2. The van der Waals surface area contributed by atoms with Gasteiger partial charge in [0.2, 0.25) is 5.91 Å². The minimum atomic E-state index is -0.263. The van der Waals surface area contributed by atoms with Crippen molar-refractivity contribution in [1.82, 2.24) is 9.88 Å². The van der Waals surface area contributed by atoms with Gasteiger partial charge in [0, 0.05) is 37.1 Å². The van der Waals surface area contributed by atoms with Crippen LogP contribution in [0.15, 0.2) is 53.9 Å². The Hall–Kier alpha value is -2.73. The molecule has 0 aliphatic carbocycles. The van der Waals surface area contributed by atoms with Crippen LogP contribution in [0.5, 0.6) is 0 Å². The van der Waals surface area contributed by atoms with Crippen molar-refractivity contribution < 1.29 is 9.18 Å². The van der Waals surface area contributed by atoms with E-state index in [9.17, 15) is 9.18 Å². The molecule has 0 unspecified atom stereocenters. The zero-order valence-corrected chi connectivity index (χ0v) is 14.8. The van der Waals surface area contributed by atoms with E-state index >= 15 is 0 Å². The average Bonchev–Trinajstić information content (AvgIpc) is 3.06. The number of rotatable bonds is 5. The standard InChI is InChI=1S/C19H18FN3OS/c1-13(24)23(2)11-14-3-5-15(6-4-14)18-12-25-19(22-18)21-17-9-7-16(20)8-10-17/h3-10,12H,11H2,1-2H3,(H,21,22). The van der Waals surface area contributed by atoms with Crippen LogP contribution in [-0.4, -0.2) is 22.8 Å². The largest absolute Gasteiger partial charge is 0.342 e. The van der Waals surface area contributed by atoms with Crippen molar-refractivity contribution in [2.75, 3.05) is 12.4 Å². The Kier molecular flexibility index (Phi) is 5.09. The van der Waals surface area contributed by atoms with Crippen molar-refractivity contribution >= 4 is 28.1 Å². The van der Waals surface area contributed by atoms with Crippen LogP contribution >= 0.6 is 11.3 Å². The highest BCUT2D eigenvalue weighted by Gasteiger charge is 2.07. The molecule has 1 N–H and O–H groups in total. The lowest BCUT2D eigenvalue weighted by Crippen LogP contribution is -2.22. The molecule has 0 aliphatic heterocycles. The van der Waals surface area contributed by atoms with E-state index in [1.165, 1.54) is 23.5 Å². The summed E-state index contributed by atoms with van der Waals surface area (Å²) in [5, 5.41) is 5.89. The predicted octanol–water partition coefficient (Wildman–Crippen LogP) is 4.67. The highest BCUT2D eigenvalue weighted by Crippen LogP contribution is 2.27. The lowest BCUT2D eigenvalue weighted by Gasteiger charge is -2.14. The second kappa shape index (κ2) is 7.44. The average molecular weight is 355 g/mol. The Labute approximate surface area is 150 Å². The Morgan fingerprint density at radius 2 is 1.84 bits per heavy atom. The summed E-state index contributed by atoms with van der Waals surface area (Å²) >= 11 is 1.49.